The van der Waals surface area contributed by atoms with Crippen molar-refractivity contribution in [3.8, 4) is 0 Å². The molecule has 2 aromatic carbocycles. The molecule has 4 nitrogen and oxygen atoms in total. The van der Waals surface area contributed by atoms with Crippen molar-refractivity contribution >= 4 is 23.4 Å². The average Bonchev–Trinajstić information content (AvgIpc) is 2.94. The van der Waals surface area contributed by atoms with Gasteiger partial charge in [0.2, 0.25) is 0 Å². The summed E-state index contributed by atoms with van der Waals surface area (Å²) in [5.74, 6) is 0. The van der Waals surface area contributed by atoms with Crippen molar-refractivity contribution in [3.05, 3.63) is 66.0 Å². The van der Waals surface area contributed by atoms with Gasteiger partial charge in [-0.25, -0.2) is 4.98 Å². The van der Waals surface area contributed by atoms with Crippen LogP contribution in [0.3, 0.4) is 0 Å². The van der Waals surface area contributed by atoms with Crippen LogP contribution in [-0.2, 0) is 0 Å². The molecule has 0 fully saturated rings. The van der Waals surface area contributed by atoms with Gasteiger partial charge in [-0.05, 0) is 23.3 Å². The van der Waals surface area contributed by atoms with E-state index in [0.29, 0.717) is 11.1 Å². The number of fused-ring (bicyclic) bond motifs is 1. The molecule has 0 bridgehead atoms. The number of H-pyrrole nitrogens is 1. The molecular formula is C15H15ClN2O2. The fourth-order valence-electron chi connectivity index (χ4n) is 2.15. The third-order valence-electron chi connectivity index (χ3n) is 3.23. The lowest BCUT2D eigenvalue weighted by molar-refractivity contribution is 0.0173. The lowest BCUT2D eigenvalue weighted by Gasteiger charge is -2.18. The van der Waals surface area contributed by atoms with Gasteiger partial charge in [0.1, 0.15) is 12.2 Å². The molecule has 1 aromatic heterocycles. The summed E-state index contributed by atoms with van der Waals surface area (Å²) in [5, 5.41) is 20.4. The van der Waals surface area contributed by atoms with Crippen molar-refractivity contribution in [1.82, 2.24) is 9.97 Å². The van der Waals surface area contributed by atoms with Crippen LogP contribution in [0.1, 0.15) is 23.3 Å². The Hall–Kier alpha value is -1.88. The summed E-state index contributed by atoms with van der Waals surface area (Å²) >= 11 is 0. The molecule has 0 spiro atoms. The second kappa shape index (κ2) is 6.05. The van der Waals surface area contributed by atoms with Crippen molar-refractivity contribution in [2.24, 2.45) is 0 Å². The molecule has 104 valence electrons. The van der Waals surface area contributed by atoms with Gasteiger partial charge < -0.3 is 15.2 Å². The third-order valence-corrected chi connectivity index (χ3v) is 3.23. The molecule has 3 aromatic rings. The van der Waals surface area contributed by atoms with Crippen LogP contribution in [-0.4, -0.2) is 20.2 Å². The van der Waals surface area contributed by atoms with Gasteiger partial charge in [-0.3, -0.25) is 0 Å². The number of aromatic amines is 1. The maximum atomic E-state index is 10.3. The highest BCUT2D eigenvalue weighted by Gasteiger charge is 2.20. The average molecular weight is 291 g/mol. The minimum atomic E-state index is -0.963. The van der Waals surface area contributed by atoms with Crippen LogP contribution >= 0.6 is 12.4 Å². The van der Waals surface area contributed by atoms with E-state index in [9.17, 15) is 10.2 Å². The molecule has 0 aliphatic rings. The number of hydrogen-bond donors (Lipinski definition) is 3. The van der Waals surface area contributed by atoms with E-state index in [0.717, 1.165) is 11.0 Å². The monoisotopic (exact) mass is 290 g/mol. The van der Waals surface area contributed by atoms with Gasteiger partial charge in [-0.1, -0.05) is 36.4 Å². The first-order valence-corrected chi connectivity index (χ1v) is 6.10. The Kier molecular flexibility index (Phi) is 4.39. The molecular weight excluding hydrogens is 276 g/mol. The molecule has 0 aliphatic carbocycles. The minimum Gasteiger partial charge on any atom is -0.385 e. The Labute approximate surface area is 122 Å². The first-order valence-electron chi connectivity index (χ1n) is 6.10. The molecule has 0 amide bonds. The molecule has 5 heteroatoms. The zero-order valence-electron chi connectivity index (χ0n) is 10.6. The van der Waals surface area contributed by atoms with E-state index >= 15 is 0 Å². The molecule has 0 saturated heterocycles. The first kappa shape index (κ1) is 14.5. The summed E-state index contributed by atoms with van der Waals surface area (Å²) in [6.07, 6.45) is -0.300. The summed E-state index contributed by atoms with van der Waals surface area (Å²) in [5.41, 5.74) is 3.04. The number of halogens is 1. The lowest BCUT2D eigenvalue weighted by Crippen LogP contribution is -2.10. The van der Waals surface area contributed by atoms with Crippen molar-refractivity contribution in [3.63, 3.8) is 0 Å². The fourth-order valence-corrected chi connectivity index (χ4v) is 2.15. The van der Waals surface area contributed by atoms with Crippen LogP contribution in [0.25, 0.3) is 11.0 Å². The largest absolute Gasteiger partial charge is 0.385 e. The summed E-state index contributed by atoms with van der Waals surface area (Å²) in [4.78, 5) is 7.11. The van der Waals surface area contributed by atoms with Gasteiger partial charge in [0.05, 0.1) is 17.4 Å². The predicted octanol–water partition coefficient (Wildman–Crippen LogP) is 2.75. The van der Waals surface area contributed by atoms with E-state index < -0.39 is 12.2 Å². The number of benzene rings is 2. The van der Waals surface area contributed by atoms with Crippen LogP contribution in [0.4, 0.5) is 0 Å². The van der Waals surface area contributed by atoms with E-state index in [-0.39, 0.29) is 12.4 Å². The van der Waals surface area contributed by atoms with Gasteiger partial charge in [-0.15, -0.1) is 12.4 Å². The standard InChI is InChI=1S/C15H14N2O2.ClH/c18-14(10-4-2-1-3-5-10)15(19)11-6-7-12-13(8-11)17-9-16-12;/h1-9,14-15,18-19H,(H,16,17);1H. The van der Waals surface area contributed by atoms with Crippen molar-refractivity contribution < 1.29 is 10.2 Å². The van der Waals surface area contributed by atoms with Gasteiger partial charge in [0.15, 0.2) is 0 Å². The Balaban J connectivity index is 0.00000147. The number of aromatic nitrogens is 2. The maximum absolute atomic E-state index is 10.3. The molecule has 2 atom stereocenters. The number of rotatable bonds is 3. The quantitative estimate of drug-likeness (QED) is 0.695. The van der Waals surface area contributed by atoms with E-state index in [1.165, 1.54) is 0 Å². The normalized spacial score (nSPS) is 13.7. The van der Waals surface area contributed by atoms with Gasteiger partial charge in [0.25, 0.3) is 0 Å². The summed E-state index contributed by atoms with van der Waals surface area (Å²) in [7, 11) is 0. The highest BCUT2D eigenvalue weighted by atomic mass is 35.5. The maximum Gasteiger partial charge on any atom is 0.109 e. The van der Waals surface area contributed by atoms with Gasteiger partial charge in [-0.2, -0.15) is 0 Å². The number of hydrogen-bond acceptors (Lipinski definition) is 3. The van der Waals surface area contributed by atoms with Crippen molar-refractivity contribution in [2.75, 3.05) is 0 Å². The summed E-state index contributed by atoms with van der Waals surface area (Å²) < 4.78 is 0. The Bertz CT molecular complexity index is 684. The molecule has 3 N–H and O–H groups in total. The highest BCUT2D eigenvalue weighted by molar-refractivity contribution is 5.85. The van der Waals surface area contributed by atoms with Crippen LogP contribution in [0, 0.1) is 0 Å². The van der Waals surface area contributed by atoms with E-state index in [1.807, 2.05) is 24.3 Å². The van der Waals surface area contributed by atoms with Crippen LogP contribution in [0.2, 0.25) is 0 Å². The van der Waals surface area contributed by atoms with Gasteiger partial charge >= 0.3 is 0 Å². The fraction of sp³-hybridized carbons (Fsp3) is 0.133. The smallest absolute Gasteiger partial charge is 0.109 e. The first-order chi connectivity index (χ1) is 9.25. The number of imidazole rings is 1. The second-order valence-corrected chi connectivity index (χ2v) is 4.48. The zero-order valence-corrected chi connectivity index (χ0v) is 11.4. The van der Waals surface area contributed by atoms with E-state index in [1.54, 1.807) is 30.6 Å². The molecule has 0 radical (unpaired) electrons. The highest BCUT2D eigenvalue weighted by Crippen LogP contribution is 2.29. The number of aliphatic hydroxyl groups is 2. The number of nitrogens with one attached hydrogen (secondary N) is 1. The zero-order chi connectivity index (χ0) is 13.2. The Morgan fingerprint density at radius 3 is 2.35 bits per heavy atom. The molecule has 20 heavy (non-hydrogen) atoms. The molecule has 1 heterocycles. The third kappa shape index (κ3) is 2.67. The summed E-state index contributed by atoms with van der Waals surface area (Å²) in [6, 6.07) is 14.5. The Morgan fingerprint density at radius 2 is 1.60 bits per heavy atom. The topological polar surface area (TPSA) is 69.1 Å². The van der Waals surface area contributed by atoms with Gasteiger partial charge in [0, 0.05) is 0 Å². The lowest BCUT2D eigenvalue weighted by atomic mass is 9.98. The second-order valence-electron chi connectivity index (χ2n) is 4.48. The molecule has 0 saturated carbocycles. The van der Waals surface area contributed by atoms with Crippen molar-refractivity contribution in [2.45, 2.75) is 12.2 Å². The minimum absolute atomic E-state index is 0. The molecule has 2 unspecified atom stereocenters. The SMILES string of the molecule is Cl.OC(c1ccccc1)C(O)c1ccc2nc[nH]c2c1. The summed E-state index contributed by atoms with van der Waals surface area (Å²) in [6.45, 7) is 0. The van der Waals surface area contributed by atoms with E-state index in [2.05, 4.69) is 9.97 Å². The van der Waals surface area contributed by atoms with E-state index in [4.69, 9.17) is 0 Å². The Morgan fingerprint density at radius 1 is 0.900 bits per heavy atom. The molecule has 0 aliphatic heterocycles. The van der Waals surface area contributed by atoms with Crippen LogP contribution in [0.5, 0.6) is 0 Å². The number of aliphatic hydroxyl groups excluding tert-OH is 2. The number of nitrogens with zero attached hydrogens (tertiary/aromatic N) is 1. The van der Waals surface area contributed by atoms with Crippen LogP contribution in [0.15, 0.2) is 54.9 Å². The molecule has 3 rings (SSSR count). The predicted molar refractivity (Wildman–Crippen MR) is 79.7 cm³/mol. The van der Waals surface area contributed by atoms with Crippen molar-refractivity contribution in [1.29, 1.82) is 0 Å². The van der Waals surface area contributed by atoms with Crippen LogP contribution < -0.4 is 0 Å².